The monoisotopic (exact) mass is 487 g/mol. The highest BCUT2D eigenvalue weighted by Crippen LogP contribution is 2.32. The zero-order chi connectivity index (χ0) is 24.5. The van der Waals surface area contributed by atoms with Crippen LogP contribution in [0.5, 0.6) is 0 Å². The van der Waals surface area contributed by atoms with E-state index in [1.54, 1.807) is 23.1 Å². The molecule has 34 heavy (non-hydrogen) atoms. The number of carbonyl (C=O) groups is 1. The van der Waals surface area contributed by atoms with Crippen molar-refractivity contribution in [1.29, 1.82) is 0 Å². The Morgan fingerprint density at radius 2 is 1.76 bits per heavy atom. The van der Waals surface area contributed by atoms with Crippen molar-refractivity contribution in [2.75, 3.05) is 18.4 Å². The van der Waals surface area contributed by atoms with Crippen molar-refractivity contribution >= 4 is 27.4 Å². The van der Waals surface area contributed by atoms with Gasteiger partial charge in [0.1, 0.15) is 11.6 Å². The van der Waals surface area contributed by atoms with E-state index in [-0.39, 0.29) is 34.5 Å². The molecule has 0 atom stereocenters. The van der Waals surface area contributed by atoms with Crippen LogP contribution in [-0.2, 0) is 10.1 Å². The second-order valence-electron chi connectivity index (χ2n) is 8.21. The Morgan fingerprint density at radius 3 is 2.38 bits per heavy atom. The van der Waals surface area contributed by atoms with Gasteiger partial charge < -0.3 is 10.2 Å². The minimum absolute atomic E-state index is 0.0406. The van der Waals surface area contributed by atoms with Gasteiger partial charge in [0.05, 0.1) is 11.3 Å². The number of likely N-dealkylation sites (tertiary alicyclic amines) is 1. The number of pyridine rings is 1. The molecule has 0 saturated carbocycles. The Kier molecular flexibility index (Phi) is 6.63. The van der Waals surface area contributed by atoms with E-state index < -0.39 is 21.0 Å². The molecule has 2 aromatic carbocycles. The fourth-order valence-corrected chi connectivity index (χ4v) is 4.88. The Balaban J connectivity index is 1.62. The highest BCUT2D eigenvalue weighted by Gasteiger charge is 2.29. The molecule has 1 saturated heterocycles. The molecule has 1 aliphatic heterocycles. The normalized spacial score (nSPS) is 14.8. The van der Waals surface area contributed by atoms with Crippen LogP contribution in [0.4, 0.5) is 20.2 Å². The molecule has 7 nitrogen and oxygen atoms in total. The van der Waals surface area contributed by atoms with Crippen LogP contribution in [0, 0.1) is 18.6 Å². The van der Waals surface area contributed by atoms with Gasteiger partial charge in [0.15, 0.2) is 5.03 Å². The number of hydrogen-bond acceptors (Lipinski definition) is 5. The van der Waals surface area contributed by atoms with Crippen LogP contribution < -0.4 is 5.32 Å². The zero-order valence-electron chi connectivity index (χ0n) is 18.3. The number of benzene rings is 2. The van der Waals surface area contributed by atoms with E-state index >= 15 is 0 Å². The van der Waals surface area contributed by atoms with Crippen molar-refractivity contribution in [2.45, 2.75) is 30.7 Å². The topological polar surface area (TPSA) is 99.6 Å². The van der Waals surface area contributed by atoms with Gasteiger partial charge >= 0.3 is 10.1 Å². The molecule has 1 aromatic heterocycles. The largest absolute Gasteiger partial charge is 0.354 e. The van der Waals surface area contributed by atoms with Gasteiger partial charge in [0.25, 0.3) is 5.91 Å². The molecule has 2 N–H and O–H groups in total. The van der Waals surface area contributed by atoms with Crippen LogP contribution >= 0.6 is 0 Å². The van der Waals surface area contributed by atoms with Crippen molar-refractivity contribution in [3.8, 4) is 0 Å². The lowest BCUT2D eigenvalue weighted by atomic mass is 9.89. The second-order valence-corrected chi connectivity index (χ2v) is 9.54. The van der Waals surface area contributed by atoms with E-state index in [0.717, 1.165) is 11.8 Å². The Labute approximate surface area is 196 Å². The molecule has 1 amide bonds. The average molecular weight is 488 g/mol. The maximum Gasteiger partial charge on any atom is 0.312 e. The first-order valence-electron chi connectivity index (χ1n) is 10.7. The molecule has 0 spiro atoms. The third kappa shape index (κ3) is 5.07. The minimum Gasteiger partial charge on any atom is -0.354 e. The quantitative estimate of drug-likeness (QED) is 0.507. The molecule has 0 aliphatic carbocycles. The Hall–Kier alpha value is -3.37. The van der Waals surface area contributed by atoms with E-state index in [0.29, 0.717) is 31.6 Å². The smallest absolute Gasteiger partial charge is 0.312 e. The van der Waals surface area contributed by atoms with Crippen molar-refractivity contribution < 1.29 is 26.5 Å². The SMILES string of the molecule is Cc1c(S(=O)(=O)O)ncc(C(=O)N2CCC(c3ccc(F)cc3)CC2)c1Nc1cccc(F)c1. The Bertz CT molecular complexity index is 1320. The van der Waals surface area contributed by atoms with Gasteiger partial charge in [-0.1, -0.05) is 18.2 Å². The first-order valence-corrected chi connectivity index (χ1v) is 12.1. The highest BCUT2D eigenvalue weighted by molar-refractivity contribution is 7.85. The van der Waals surface area contributed by atoms with Crippen LogP contribution in [0.25, 0.3) is 0 Å². The molecule has 0 bridgehead atoms. The molecule has 0 radical (unpaired) electrons. The molecule has 2 heterocycles. The van der Waals surface area contributed by atoms with Gasteiger partial charge in [-0.05, 0) is 61.6 Å². The number of amides is 1. The van der Waals surface area contributed by atoms with Crippen LogP contribution in [0.1, 0.15) is 40.2 Å². The molecule has 3 aromatic rings. The Morgan fingerprint density at radius 1 is 1.09 bits per heavy atom. The fraction of sp³-hybridized carbons (Fsp3) is 0.250. The fourth-order valence-electron chi connectivity index (χ4n) is 4.21. The van der Waals surface area contributed by atoms with Crippen LogP contribution in [0.3, 0.4) is 0 Å². The highest BCUT2D eigenvalue weighted by atomic mass is 32.2. The van der Waals surface area contributed by atoms with Crippen LogP contribution in [-0.4, -0.2) is 41.9 Å². The molecule has 178 valence electrons. The van der Waals surface area contributed by atoms with Crippen molar-refractivity contribution in [2.24, 2.45) is 0 Å². The summed E-state index contributed by atoms with van der Waals surface area (Å²) in [5.74, 6) is -0.987. The predicted octanol–water partition coefficient (Wildman–Crippen LogP) is 4.68. The first-order chi connectivity index (χ1) is 16.1. The molecular formula is C24H23F2N3O4S. The van der Waals surface area contributed by atoms with E-state index in [1.165, 1.54) is 37.3 Å². The average Bonchev–Trinajstić information content (AvgIpc) is 2.80. The predicted molar refractivity (Wildman–Crippen MR) is 123 cm³/mol. The lowest BCUT2D eigenvalue weighted by Crippen LogP contribution is -2.38. The summed E-state index contributed by atoms with van der Waals surface area (Å²) in [4.78, 5) is 18.8. The van der Waals surface area contributed by atoms with Crippen molar-refractivity contribution in [1.82, 2.24) is 9.88 Å². The lowest BCUT2D eigenvalue weighted by molar-refractivity contribution is 0.0713. The van der Waals surface area contributed by atoms with E-state index in [9.17, 15) is 26.5 Å². The van der Waals surface area contributed by atoms with Gasteiger partial charge in [0.2, 0.25) is 0 Å². The summed E-state index contributed by atoms with van der Waals surface area (Å²) in [6.45, 7) is 2.30. The summed E-state index contributed by atoms with van der Waals surface area (Å²) in [5.41, 5.74) is 1.59. The van der Waals surface area contributed by atoms with Gasteiger partial charge in [-0.15, -0.1) is 0 Å². The summed E-state index contributed by atoms with van der Waals surface area (Å²) in [6.07, 6.45) is 2.46. The van der Waals surface area contributed by atoms with E-state index in [2.05, 4.69) is 10.3 Å². The van der Waals surface area contributed by atoms with E-state index in [4.69, 9.17) is 0 Å². The summed E-state index contributed by atoms with van der Waals surface area (Å²) < 4.78 is 60.0. The molecular weight excluding hydrogens is 464 g/mol. The zero-order valence-corrected chi connectivity index (χ0v) is 19.1. The maximum atomic E-state index is 13.7. The van der Waals surface area contributed by atoms with Crippen molar-refractivity contribution in [3.63, 3.8) is 0 Å². The molecule has 10 heteroatoms. The lowest BCUT2D eigenvalue weighted by Gasteiger charge is -2.33. The number of rotatable bonds is 5. The summed E-state index contributed by atoms with van der Waals surface area (Å²) in [7, 11) is -4.64. The van der Waals surface area contributed by atoms with Gasteiger partial charge in [0, 0.05) is 30.5 Å². The third-order valence-corrected chi connectivity index (χ3v) is 6.87. The van der Waals surface area contributed by atoms with Gasteiger partial charge in [-0.25, -0.2) is 13.8 Å². The molecule has 1 fully saturated rings. The third-order valence-electron chi connectivity index (χ3n) is 5.97. The number of halogens is 2. The first kappa shape index (κ1) is 23.8. The standard InChI is InChI=1S/C24H23F2N3O4S/c1-15-22(28-20-4-2-3-19(26)13-20)21(14-27-23(15)34(31,32)33)24(30)29-11-9-17(10-12-29)16-5-7-18(25)8-6-16/h2-8,13-14,17H,9-12H2,1H3,(H,27,28)(H,31,32,33). The van der Waals surface area contributed by atoms with Crippen LogP contribution in [0.2, 0.25) is 0 Å². The number of nitrogens with one attached hydrogen (secondary N) is 1. The van der Waals surface area contributed by atoms with Crippen molar-refractivity contribution in [3.05, 3.63) is 83.1 Å². The van der Waals surface area contributed by atoms with E-state index in [1.807, 2.05) is 0 Å². The second kappa shape index (κ2) is 9.47. The molecule has 1 aliphatic rings. The molecule has 0 unspecified atom stereocenters. The number of piperidine rings is 1. The molecule has 4 rings (SSSR count). The summed E-state index contributed by atoms with van der Waals surface area (Å²) in [6, 6.07) is 11.8. The summed E-state index contributed by atoms with van der Waals surface area (Å²) in [5, 5.41) is 2.33. The number of aromatic nitrogens is 1. The number of anilines is 2. The number of hydrogen-bond donors (Lipinski definition) is 2. The minimum atomic E-state index is -4.64. The van der Waals surface area contributed by atoms with Gasteiger partial charge in [-0.3, -0.25) is 9.35 Å². The van der Waals surface area contributed by atoms with Crippen LogP contribution in [0.15, 0.2) is 59.8 Å². The summed E-state index contributed by atoms with van der Waals surface area (Å²) >= 11 is 0. The van der Waals surface area contributed by atoms with Gasteiger partial charge in [-0.2, -0.15) is 8.42 Å². The maximum absolute atomic E-state index is 13.7. The number of nitrogens with zero attached hydrogens (tertiary/aromatic N) is 2. The number of carbonyl (C=O) groups excluding carboxylic acids is 1.